The Morgan fingerprint density at radius 1 is 1.16 bits per heavy atom. The number of aryl methyl sites for hydroxylation is 2. The van der Waals surface area contributed by atoms with E-state index in [2.05, 4.69) is 55.0 Å². The van der Waals surface area contributed by atoms with Crippen molar-refractivity contribution in [3.05, 3.63) is 64.3 Å². The van der Waals surface area contributed by atoms with Gasteiger partial charge in [0.2, 0.25) is 5.95 Å². The number of benzene rings is 2. The van der Waals surface area contributed by atoms with Crippen LogP contribution in [0.5, 0.6) is 11.5 Å². The topological polar surface area (TPSA) is 95.2 Å². The maximum absolute atomic E-state index is 10.4. The first-order valence-electron chi connectivity index (χ1n) is 15.6. The van der Waals surface area contributed by atoms with Crippen LogP contribution in [0, 0.1) is 25.7 Å². The maximum atomic E-state index is 10.4. The smallest absolute Gasteiger partial charge is 0.225 e. The largest absolute Gasteiger partial charge is 0.457 e. The Morgan fingerprint density at radius 2 is 1.91 bits per heavy atom. The lowest BCUT2D eigenvalue weighted by Gasteiger charge is -2.46. The summed E-state index contributed by atoms with van der Waals surface area (Å²) in [5, 5.41) is 15.6. The molecule has 0 saturated heterocycles. The first-order chi connectivity index (χ1) is 20.9. The zero-order chi connectivity index (χ0) is 32.0. The third kappa shape index (κ3) is 8.11. The fourth-order valence-electron chi connectivity index (χ4n) is 5.16. The highest BCUT2D eigenvalue weighted by Crippen LogP contribution is 2.39. The Bertz CT molecular complexity index is 1630. The summed E-state index contributed by atoms with van der Waals surface area (Å²) >= 11 is 0. The van der Waals surface area contributed by atoms with Crippen molar-refractivity contribution in [3.63, 3.8) is 0 Å². The van der Waals surface area contributed by atoms with Crippen molar-refractivity contribution in [2.75, 3.05) is 17.3 Å². The van der Waals surface area contributed by atoms with E-state index in [4.69, 9.17) is 19.7 Å². The molecule has 0 spiro atoms. The molecule has 1 aromatic heterocycles. The first-order valence-corrected chi connectivity index (χ1v) is 15.6. The molecule has 8 heteroatoms. The van der Waals surface area contributed by atoms with Gasteiger partial charge in [-0.15, -0.1) is 0 Å². The minimum absolute atomic E-state index is 0.275. The Kier molecular flexibility index (Phi) is 10.6. The molecule has 0 aliphatic heterocycles. The minimum Gasteiger partial charge on any atom is -0.457 e. The van der Waals surface area contributed by atoms with E-state index in [1.54, 1.807) is 6.21 Å². The van der Waals surface area contributed by atoms with Gasteiger partial charge in [-0.2, -0.15) is 0 Å². The molecule has 0 atom stereocenters. The van der Waals surface area contributed by atoms with E-state index in [0.29, 0.717) is 17.7 Å². The van der Waals surface area contributed by atoms with Gasteiger partial charge in [0.05, 0.1) is 11.3 Å². The van der Waals surface area contributed by atoms with Crippen molar-refractivity contribution in [2.45, 2.75) is 86.3 Å². The molecule has 44 heavy (non-hydrogen) atoms. The van der Waals surface area contributed by atoms with Crippen LogP contribution in [-0.4, -0.2) is 46.2 Å². The summed E-state index contributed by atoms with van der Waals surface area (Å²) in [5.74, 6) is 3.46. The molecule has 0 unspecified atom stereocenters. The Labute approximate surface area is 262 Å². The summed E-state index contributed by atoms with van der Waals surface area (Å²) in [6.45, 7) is 16.1. The molecule has 1 saturated carbocycles. The zero-order valence-electron chi connectivity index (χ0n) is 27.7. The number of hydrogen-bond donors (Lipinski definition) is 2. The monoisotopic (exact) mass is 596 g/mol. The van der Waals surface area contributed by atoms with Crippen LogP contribution >= 0.6 is 0 Å². The Balaban J connectivity index is 1.62. The van der Waals surface area contributed by atoms with E-state index in [0.717, 1.165) is 63.8 Å². The van der Waals surface area contributed by atoms with Crippen molar-refractivity contribution in [3.8, 4) is 11.5 Å². The standard InChI is InChI=1S/C36H48N6O2/c1-10-12-26-22-39-35(42(9)29-18-27(19-29)36(7,8)43)41-33(26)34(37-11-2)40-28-14-16-32(25(6)17-28)44-30-15-13-24(5)31(20-30)38-21-23(3)4/h11-17,20-23,27,29,40,43H,10,18-19H2,1-9H3/b26-12+,34-33-,37-11-,38-21?. The molecule has 0 bridgehead atoms. The second-order valence-corrected chi connectivity index (χ2v) is 12.6. The van der Waals surface area contributed by atoms with Crippen LogP contribution in [-0.2, 0) is 0 Å². The molecule has 1 heterocycles. The minimum atomic E-state index is -0.673. The third-order valence-corrected chi connectivity index (χ3v) is 8.04. The fraction of sp³-hybridized carbons (Fsp3) is 0.444. The predicted molar refractivity (Wildman–Crippen MR) is 184 cm³/mol. The summed E-state index contributed by atoms with van der Waals surface area (Å²) in [6, 6.07) is 12.3. The third-order valence-electron chi connectivity index (χ3n) is 8.04. The van der Waals surface area contributed by atoms with Crippen molar-refractivity contribution in [1.82, 2.24) is 9.97 Å². The van der Waals surface area contributed by atoms with Crippen LogP contribution < -0.4 is 25.5 Å². The van der Waals surface area contributed by atoms with E-state index < -0.39 is 5.60 Å². The summed E-state index contributed by atoms with van der Waals surface area (Å²) in [6.07, 6.45) is 10.4. The molecule has 234 valence electrons. The lowest BCUT2D eigenvalue weighted by Crippen LogP contribution is -2.51. The summed E-state index contributed by atoms with van der Waals surface area (Å²) in [7, 11) is 2.03. The molecule has 2 N–H and O–H groups in total. The average Bonchev–Trinajstić information content (AvgIpc) is 2.93. The van der Waals surface area contributed by atoms with Crippen molar-refractivity contribution >= 4 is 41.6 Å². The highest BCUT2D eigenvalue weighted by molar-refractivity contribution is 5.72. The quantitative estimate of drug-likeness (QED) is 0.240. The SMILES string of the molecule is C\C=N/C(Nc1ccc(Oc2ccc(C)c(N=CC(C)C)c2)c(C)c1)=c1/nc(N(C)C2CC(C(C)(C)O)C2)nc/c1=C\CC. The van der Waals surface area contributed by atoms with Crippen molar-refractivity contribution < 1.29 is 9.84 Å². The van der Waals surface area contributed by atoms with E-state index in [1.807, 2.05) is 77.5 Å². The normalized spacial score (nSPS) is 18.2. The molecular formula is C36H48N6O2. The zero-order valence-corrected chi connectivity index (χ0v) is 27.7. The number of hydrogen-bond acceptors (Lipinski definition) is 8. The summed E-state index contributed by atoms with van der Waals surface area (Å²) in [5.41, 5.74) is 3.21. The Morgan fingerprint density at radius 3 is 2.55 bits per heavy atom. The van der Waals surface area contributed by atoms with Crippen LogP contribution in [0.15, 0.2) is 52.6 Å². The number of aliphatic hydroxyl groups is 1. The van der Waals surface area contributed by atoms with Crippen LogP contribution in [0.25, 0.3) is 11.9 Å². The van der Waals surface area contributed by atoms with E-state index in [-0.39, 0.29) is 12.0 Å². The van der Waals surface area contributed by atoms with Crippen molar-refractivity contribution in [2.24, 2.45) is 21.8 Å². The van der Waals surface area contributed by atoms with Gasteiger partial charge in [-0.1, -0.05) is 32.9 Å². The molecule has 4 rings (SSSR count). The van der Waals surface area contributed by atoms with Gasteiger partial charge >= 0.3 is 0 Å². The van der Waals surface area contributed by atoms with E-state index in [9.17, 15) is 5.11 Å². The predicted octanol–water partition coefficient (Wildman–Crippen LogP) is 6.69. The van der Waals surface area contributed by atoms with Gasteiger partial charge in [0.15, 0.2) is 5.82 Å². The molecule has 8 nitrogen and oxygen atoms in total. The van der Waals surface area contributed by atoms with Crippen LogP contribution in [0.4, 0.5) is 17.3 Å². The van der Waals surface area contributed by atoms with E-state index >= 15 is 0 Å². The summed E-state index contributed by atoms with van der Waals surface area (Å²) in [4.78, 5) is 21.2. The number of nitrogens with zero attached hydrogens (tertiary/aromatic N) is 5. The maximum Gasteiger partial charge on any atom is 0.225 e. The van der Waals surface area contributed by atoms with Crippen LogP contribution in [0.3, 0.4) is 0 Å². The number of aliphatic imine (C=N–C) groups is 2. The van der Waals surface area contributed by atoms with Crippen LogP contribution in [0.2, 0.25) is 0 Å². The molecule has 1 fully saturated rings. The molecule has 0 radical (unpaired) electrons. The van der Waals surface area contributed by atoms with Gasteiger partial charge in [-0.3, -0.25) is 4.99 Å². The number of ether oxygens (including phenoxy) is 1. The second kappa shape index (κ2) is 14.2. The number of nitrogens with one attached hydrogen (secondary N) is 1. The first kappa shape index (κ1) is 32.9. The molecule has 1 aliphatic carbocycles. The highest BCUT2D eigenvalue weighted by Gasteiger charge is 2.41. The van der Waals surface area contributed by atoms with E-state index in [1.165, 1.54) is 0 Å². The average molecular weight is 597 g/mol. The Hall–Kier alpha value is -4.04. The summed E-state index contributed by atoms with van der Waals surface area (Å²) < 4.78 is 6.28. The van der Waals surface area contributed by atoms with Crippen molar-refractivity contribution in [1.29, 1.82) is 0 Å². The van der Waals surface area contributed by atoms with Gasteiger partial charge in [0, 0.05) is 48.7 Å². The van der Waals surface area contributed by atoms with Gasteiger partial charge < -0.3 is 20.1 Å². The van der Waals surface area contributed by atoms with Gasteiger partial charge in [0.1, 0.15) is 16.8 Å². The lowest BCUT2D eigenvalue weighted by molar-refractivity contribution is -0.0267. The molecule has 1 aliphatic rings. The number of anilines is 2. The molecular weight excluding hydrogens is 548 g/mol. The highest BCUT2D eigenvalue weighted by atomic mass is 16.5. The molecule has 0 amide bonds. The molecule has 3 aromatic rings. The lowest BCUT2D eigenvalue weighted by atomic mass is 9.71. The fourth-order valence-corrected chi connectivity index (χ4v) is 5.16. The van der Waals surface area contributed by atoms with Gasteiger partial charge in [-0.25, -0.2) is 15.0 Å². The van der Waals surface area contributed by atoms with Gasteiger partial charge in [0.25, 0.3) is 0 Å². The molecule has 2 aromatic carbocycles. The van der Waals surface area contributed by atoms with Crippen LogP contribution in [0.1, 0.15) is 71.9 Å². The second-order valence-electron chi connectivity index (χ2n) is 12.6. The van der Waals surface area contributed by atoms with Gasteiger partial charge in [-0.05, 0) is 101 Å². The number of aromatic nitrogens is 2. The number of rotatable bonds is 11.